The van der Waals surface area contributed by atoms with E-state index in [9.17, 15) is 4.39 Å². The van der Waals surface area contributed by atoms with Crippen LogP contribution in [0.25, 0.3) is 0 Å². The molecule has 122 valence electrons. The van der Waals surface area contributed by atoms with Crippen molar-refractivity contribution >= 4 is 51.2 Å². The molecular weight excluding hydrogens is 413 g/mol. The molecule has 0 amide bonds. The van der Waals surface area contributed by atoms with Crippen molar-refractivity contribution in [3.8, 4) is 0 Å². The fourth-order valence-electron chi connectivity index (χ4n) is 1.96. The molecule has 0 radical (unpaired) electrons. The maximum atomic E-state index is 13.3. The molecule has 0 saturated carbocycles. The number of furan rings is 1. The number of benzene rings is 2. The highest BCUT2D eigenvalue weighted by atomic mass is 79.9. The Kier molecular flexibility index (Phi) is 5.43. The first-order valence-electron chi connectivity index (χ1n) is 7.04. The zero-order valence-electron chi connectivity index (χ0n) is 12.6. The van der Waals surface area contributed by atoms with Crippen LogP contribution in [-0.4, -0.2) is 6.21 Å². The molecular formula is C18H12BrClFNOS. The highest BCUT2D eigenvalue weighted by molar-refractivity contribution is 9.10. The normalized spacial score (nSPS) is 11.3. The van der Waals surface area contributed by atoms with E-state index in [0.717, 1.165) is 14.5 Å². The van der Waals surface area contributed by atoms with Crippen molar-refractivity contribution in [2.24, 2.45) is 4.99 Å². The molecule has 3 aromatic rings. The largest absolute Gasteiger partial charge is 0.447 e. The van der Waals surface area contributed by atoms with Gasteiger partial charge in [0.25, 0.3) is 0 Å². The highest BCUT2D eigenvalue weighted by Crippen LogP contribution is 2.36. The van der Waals surface area contributed by atoms with Crippen molar-refractivity contribution in [2.45, 2.75) is 16.9 Å². The van der Waals surface area contributed by atoms with Crippen LogP contribution in [0.15, 0.2) is 72.4 Å². The van der Waals surface area contributed by atoms with Gasteiger partial charge in [-0.3, -0.25) is 4.99 Å². The minimum atomic E-state index is -0.239. The fourth-order valence-corrected chi connectivity index (χ4v) is 3.42. The van der Waals surface area contributed by atoms with E-state index in [1.54, 1.807) is 25.3 Å². The Balaban J connectivity index is 1.76. The molecule has 1 heterocycles. The molecule has 0 aliphatic carbocycles. The summed E-state index contributed by atoms with van der Waals surface area (Å²) in [5.41, 5.74) is 1.23. The molecule has 0 aliphatic heterocycles. The van der Waals surface area contributed by atoms with E-state index in [1.165, 1.54) is 17.8 Å². The molecule has 24 heavy (non-hydrogen) atoms. The lowest BCUT2D eigenvalue weighted by Crippen LogP contribution is -1.80. The van der Waals surface area contributed by atoms with Crippen LogP contribution in [0.4, 0.5) is 10.1 Å². The lowest BCUT2D eigenvalue weighted by atomic mass is 10.2. The number of hydrogen-bond donors (Lipinski definition) is 0. The third-order valence-corrected chi connectivity index (χ3v) is 5.28. The summed E-state index contributed by atoms with van der Waals surface area (Å²) < 4.78 is 19.9. The van der Waals surface area contributed by atoms with Gasteiger partial charge in [0, 0.05) is 16.0 Å². The minimum Gasteiger partial charge on any atom is -0.447 e. The first-order chi connectivity index (χ1) is 11.5. The van der Waals surface area contributed by atoms with E-state index in [2.05, 4.69) is 20.9 Å². The molecule has 1 aromatic heterocycles. The number of hydrogen-bond acceptors (Lipinski definition) is 3. The second-order valence-corrected chi connectivity index (χ2v) is 7.37. The van der Waals surface area contributed by atoms with E-state index < -0.39 is 0 Å². The molecule has 2 nitrogen and oxygen atoms in total. The fraction of sp³-hybridized carbons (Fsp3) is 0.0556. The monoisotopic (exact) mass is 423 g/mol. The maximum absolute atomic E-state index is 13.3. The third kappa shape index (κ3) is 4.29. The van der Waals surface area contributed by atoms with Crippen LogP contribution in [-0.2, 0) is 0 Å². The van der Waals surface area contributed by atoms with Gasteiger partial charge in [0.1, 0.15) is 11.6 Å². The molecule has 0 saturated heterocycles. The van der Waals surface area contributed by atoms with Crippen LogP contribution in [0.3, 0.4) is 0 Å². The van der Waals surface area contributed by atoms with Crippen molar-refractivity contribution in [3.63, 3.8) is 0 Å². The molecule has 0 N–H and O–H groups in total. The predicted molar refractivity (Wildman–Crippen MR) is 100 cm³/mol. The number of nitrogens with zero attached hydrogens (tertiary/aromatic N) is 1. The van der Waals surface area contributed by atoms with E-state index in [1.807, 2.05) is 30.3 Å². The van der Waals surface area contributed by atoms with Crippen LogP contribution in [0.5, 0.6) is 0 Å². The Hall–Kier alpha value is -1.56. The van der Waals surface area contributed by atoms with Gasteiger partial charge in [-0.25, -0.2) is 4.39 Å². The Morgan fingerprint density at radius 2 is 1.92 bits per heavy atom. The zero-order valence-corrected chi connectivity index (χ0v) is 15.8. The molecule has 0 fully saturated rings. The van der Waals surface area contributed by atoms with Crippen LogP contribution < -0.4 is 0 Å². The van der Waals surface area contributed by atoms with Gasteiger partial charge in [-0.2, -0.15) is 0 Å². The SMILES string of the molecule is Cc1cc(N=Cc2cc(Br)c(Sc3ccc(Cl)cc3)o2)ccc1F. The van der Waals surface area contributed by atoms with Gasteiger partial charge in [0.15, 0.2) is 5.09 Å². The molecule has 0 unspecified atom stereocenters. The summed E-state index contributed by atoms with van der Waals surface area (Å²) in [5.74, 6) is 0.372. The van der Waals surface area contributed by atoms with Gasteiger partial charge >= 0.3 is 0 Å². The quantitative estimate of drug-likeness (QED) is 0.419. The van der Waals surface area contributed by atoms with Crippen LogP contribution in [0.1, 0.15) is 11.3 Å². The molecule has 0 spiro atoms. The van der Waals surface area contributed by atoms with Crippen LogP contribution >= 0.6 is 39.3 Å². The van der Waals surface area contributed by atoms with Crippen molar-refractivity contribution in [1.82, 2.24) is 0 Å². The first-order valence-corrected chi connectivity index (χ1v) is 9.03. The molecule has 0 bridgehead atoms. The van der Waals surface area contributed by atoms with Crippen molar-refractivity contribution in [1.29, 1.82) is 0 Å². The predicted octanol–water partition coefficient (Wildman–Crippen LogP) is 7.04. The van der Waals surface area contributed by atoms with Gasteiger partial charge < -0.3 is 4.42 Å². The van der Waals surface area contributed by atoms with Crippen LogP contribution in [0, 0.1) is 12.7 Å². The topological polar surface area (TPSA) is 25.5 Å². The summed E-state index contributed by atoms with van der Waals surface area (Å²) in [4.78, 5) is 5.34. The molecule has 0 atom stereocenters. The van der Waals surface area contributed by atoms with Gasteiger partial charge in [0.2, 0.25) is 0 Å². The molecule has 6 heteroatoms. The third-order valence-electron chi connectivity index (χ3n) is 3.18. The number of halogens is 3. The van der Waals surface area contributed by atoms with E-state index in [0.29, 0.717) is 22.0 Å². The molecule has 2 aromatic carbocycles. The maximum Gasteiger partial charge on any atom is 0.179 e. The van der Waals surface area contributed by atoms with Gasteiger partial charge in [-0.1, -0.05) is 23.4 Å². The average molecular weight is 425 g/mol. The smallest absolute Gasteiger partial charge is 0.179 e. The van der Waals surface area contributed by atoms with Crippen molar-refractivity contribution in [3.05, 3.63) is 75.2 Å². The van der Waals surface area contributed by atoms with Gasteiger partial charge in [-0.05, 0) is 70.9 Å². The summed E-state index contributed by atoms with van der Waals surface area (Å²) >= 11 is 10.9. The lowest BCUT2D eigenvalue weighted by Gasteiger charge is -1.99. The van der Waals surface area contributed by atoms with E-state index >= 15 is 0 Å². The summed E-state index contributed by atoms with van der Waals surface area (Å²) in [6.07, 6.45) is 1.61. The second-order valence-electron chi connectivity index (χ2n) is 5.03. The summed E-state index contributed by atoms with van der Waals surface area (Å²) in [5, 5.41) is 1.43. The summed E-state index contributed by atoms with van der Waals surface area (Å²) in [7, 11) is 0. The minimum absolute atomic E-state index is 0.239. The standard InChI is InChI=1S/C18H12BrClFNOS/c1-11-8-13(4-7-17(11)21)22-10-14-9-16(19)18(23-14)24-15-5-2-12(20)3-6-15/h2-10H,1H3. The van der Waals surface area contributed by atoms with E-state index in [-0.39, 0.29) is 5.82 Å². The first kappa shape index (κ1) is 17.3. The van der Waals surface area contributed by atoms with Gasteiger partial charge in [-0.15, -0.1) is 0 Å². The Labute approximate surface area is 156 Å². The zero-order chi connectivity index (χ0) is 17.1. The van der Waals surface area contributed by atoms with E-state index in [4.69, 9.17) is 16.0 Å². The van der Waals surface area contributed by atoms with Crippen molar-refractivity contribution < 1.29 is 8.81 Å². The summed E-state index contributed by atoms with van der Waals surface area (Å²) in [6.45, 7) is 1.71. The van der Waals surface area contributed by atoms with Gasteiger partial charge in [0.05, 0.1) is 16.4 Å². The Morgan fingerprint density at radius 3 is 2.62 bits per heavy atom. The number of rotatable bonds is 4. The van der Waals surface area contributed by atoms with Crippen LogP contribution in [0.2, 0.25) is 5.02 Å². The Bertz CT molecular complexity index is 893. The molecule has 3 rings (SSSR count). The lowest BCUT2D eigenvalue weighted by molar-refractivity contribution is 0.466. The number of aryl methyl sites for hydroxylation is 1. The Morgan fingerprint density at radius 1 is 1.17 bits per heavy atom. The van der Waals surface area contributed by atoms with Crippen molar-refractivity contribution in [2.75, 3.05) is 0 Å². The average Bonchev–Trinajstić information content (AvgIpc) is 2.91. The highest BCUT2D eigenvalue weighted by Gasteiger charge is 2.10. The number of aliphatic imine (C=N–C) groups is 1. The second kappa shape index (κ2) is 7.55. The summed E-state index contributed by atoms with van der Waals surface area (Å²) in [6, 6.07) is 14.1. The molecule has 0 aliphatic rings.